The molecule has 2 aliphatic rings. The van der Waals surface area contributed by atoms with Crippen molar-refractivity contribution in [1.29, 1.82) is 0 Å². The molecule has 9 nitrogen and oxygen atoms in total. The Morgan fingerprint density at radius 3 is 2.63 bits per heavy atom. The van der Waals surface area contributed by atoms with Gasteiger partial charge in [-0.3, -0.25) is 4.79 Å². The highest BCUT2D eigenvalue weighted by Gasteiger charge is 2.56. The van der Waals surface area contributed by atoms with Crippen molar-refractivity contribution >= 4 is 34.4 Å². The molecule has 0 spiro atoms. The van der Waals surface area contributed by atoms with Crippen molar-refractivity contribution in [2.75, 3.05) is 24.5 Å². The fraction of sp³-hybridized carbons (Fsp3) is 0.400. The summed E-state index contributed by atoms with van der Waals surface area (Å²) in [5.41, 5.74) is 2.85. The first-order chi connectivity index (χ1) is 14.5. The van der Waals surface area contributed by atoms with E-state index in [-0.39, 0.29) is 9.45 Å². The van der Waals surface area contributed by atoms with E-state index in [9.17, 15) is 4.79 Å². The first kappa shape index (κ1) is 19.3. The van der Waals surface area contributed by atoms with E-state index in [0.717, 1.165) is 30.3 Å². The number of likely N-dealkylation sites (tertiary alicyclic amines) is 1. The molecule has 30 heavy (non-hydrogen) atoms. The van der Waals surface area contributed by atoms with Gasteiger partial charge in [0.2, 0.25) is 5.95 Å². The van der Waals surface area contributed by atoms with Crippen molar-refractivity contribution in [3.63, 3.8) is 0 Å². The van der Waals surface area contributed by atoms with Crippen molar-refractivity contribution in [2.45, 2.75) is 23.8 Å². The van der Waals surface area contributed by atoms with Gasteiger partial charge in [-0.2, -0.15) is 10.2 Å². The third-order valence-electron chi connectivity index (χ3n) is 5.76. The molecule has 0 bridgehead atoms. The number of pyridine rings is 1. The monoisotopic (exact) mass is 516 g/mol. The first-order valence-corrected chi connectivity index (χ1v) is 10.9. The topological polar surface area (TPSA) is 92.9 Å². The molecule has 2 saturated heterocycles. The Balaban J connectivity index is 1.42. The predicted molar refractivity (Wildman–Crippen MR) is 119 cm³/mol. The molecule has 0 N–H and O–H groups in total. The van der Waals surface area contributed by atoms with E-state index < -0.39 is 0 Å². The third-order valence-corrected chi connectivity index (χ3v) is 7.56. The molecule has 0 aromatic carbocycles. The van der Waals surface area contributed by atoms with Gasteiger partial charge in [-0.25, -0.2) is 15.0 Å². The second-order valence-corrected chi connectivity index (χ2v) is 9.65. The molecule has 2 fully saturated rings. The molecule has 0 unspecified atom stereocenters. The molecule has 154 valence electrons. The summed E-state index contributed by atoms with van der Waals surface area (Å²) in [7, 11) is 0. The summed E-state index contributed by atoms with van der Waals surface area (Å²) in [4.78, 5) is 32.6. The molecule has 10 heteroatoms. The van der Waals surface area contributed by atoms with Crippen LogP contribution >= 0.6 is 22.6 Å². The largest absolute Gasteiger partial charge is 0.334 e. The van der Waals surface area contributed by atoms with Crippen LogP contribution in [0.2, 0.25) is 0 Å². The van der Waals surface area contributed by atoms with Crippen LogP contribution in [0.15, 0.2) is 36.8 Å². The summed E-state index contributed by atoms with van der Waals surface area (Å²) in [6.45, 7) is 6.18. The minimum atomic E-state index is -0.217. The zero-order valence-electron chi connectivity index (χ0n) is 16.7. The highest BCUT2D eigenvalue weighted by molar-refractivity contribution is 14.1. The number of hydrogen-bond donors (Lipinski definition) is 0. The van der Waals surface area contributed by atoms with Crippen LogP contribution in [0.3, 0.4) is 0 Å². The number of anilines is 1. The fourth-order valence-corrected chi connectivity index (χ4v) is 5.60. The highest BCUT2D eigenvalue weighted by atomic mass is 127. The molecular weight excluding hydrogens is 495 g/mol. The second-order valence-electron chi connectivity index (χ2n) is 7.78. The van der Waals surface area contributed by atoms with Gasteiger partial charge < -0.3 is 9.80 Å². The van der Waals surface area contributed by atoms with Crippen LogP contribution in [0.1, 0.15) is 28.3 Å². The van der Waals surface area contributed by atoms with Crippen LogP contribution < -0.4 is 4.90 Å². The summed E-state index contributed by atoms with van der Waals surface area (Å²) in [6, 6.07) is 5.57. The summed E-state index contributed by atoms with van der Waals surface area (Å²) < 4.78 is -0.217. The van der Waals surface area contributed by atoms with Gasteiger partial charge in [-0.15, -0.1) is 4.80 Å². The third kappa shape index (κ3) is 3.13. The number of hydrogen-bond acceptors (Lipinski definition) is 7. The van der Waals surface area contributed by atoms with E-state index in [1.54, 1.807) is 24.7 Å². The van der Waals surface area contributed by atoms with E-state index >= 15 is 0 Å². The molecule has 0 aliphatic carbocycles. The minimum Gasteiger partial charge on any atom is -0.334 e. The Morgan fingerprint density at radius 1 is 1.17 bits per heavy atom. The fourth-order valence-electron chi connectivity index (χ4n) is 4.27. The SMILES string of the molecule is Cc1cc(C)nc(N2C[C@@H]3CCN(C(=O)c4ncccc4-n4nccn4)C[C@@]32I)n1. The number of halogens is 1. The van der Waals surface area contributed by atoms with Crippen LogP contribution in [-0.2, 0) is 0 Å². The molecule has 0 radical (unpaired) electrons. The number of carbonyl (C=O) groups excluding carboxylic acids is 1. The molecule has 3 aromatic heterocycles. The lowest BCUT2D eigenvalue weighted by Gasteiger charge is -2.59. The zero-order valence-corrected chi connectivity index (χ0v) is 18.9. The van der Waals surface area contributed by atoms with Gasteiger partial charge in [0, 0.05) is 36.6 Å². The average Bonchev–Trinajstić information content (AvgIpc) is 3.24. The zero-order chi connectivity index (χ0) is 20.9. The van der Waals surface area contributed by atoms with E-state index in [4.69, 9.17) is 0 Å². The van der Waals surface area contributed by atoms with E-state index in [1.165, 1.54) is 4.80 Å². The van der Waals surface area contributed by atoms with Crippen LogP contribution in [0.25, 0.3) is 5.69 Å². The van der Waals surface area contributed by atoms with Crippen molar-refractivity contribution in [1.82, 2.24) is 34.8 Å². The quantitative estimate of drug-likeness (QED) is 0.300. The predicted octanol–water partition coefficient (Wildman–Crippen LogP) is 2.18. The Kier molecular flexibility index (Phi) is 4.68. The second kappa shape index (κ2) is 7.25. The van der Waals surface area contributed by atoms with Gasteiger partial charge in [0.05, 0.1) is 18.9 Å². The minimum absolute atomic E-state index is 0.106. The standard InChI is InChI=1S/C20H21IN8O/c1-13-10-14(2)26-19(25-13)28-11-15-5-9-27(12-20(15,28)21)18(30)17-16(4-3-6-22-17)29-23-7-8-24-29/h3-4,6-8,10,15H,5,9,11-12H2,1-2H3/t15-,20-/m0/s1. The summed E-state index contributed by atoms with van der Waals surface area (Å²) in [5.74, 6) is 1.14. The molecule has 2 aliphatic heterocycles. The smallest absolute Gasteiger partial charge is 0.274 e. The van der Waals surface area contributed by atoms with Crippen molar-refractivity contribution in [3.05, 3.63) is 53.9 Å². The Morgan fingerprint density at radius 2 is 1.90 bits per heavy atom. The number of fused-ring (bicyclic) bond motifs is 1. The lowest BCUT2D eigenvalue weighted by molar-refractivity contribution is 0.0559. The molecule has 2 atom stereocenters. The summed E-state index contributed by atoms with van der Waals surface area (Å²) in [5, 5.41) is 8.33. The number of carbonyl (C=O) groups is 1. The van der Waals surface area contributed by atoms with Gasteiger partial charge in [0.25, 0.3) is 5.91 Å². The van der Waals surface area contributed by atoms with Gasteiger partial charge in [0.15, 0.2) is 5.69 Å². The maximum atomic E-state index is 13.4. The average molecular weight is 516 g/mol. The van der Waals surface area contributed by atoms with Crippen LogP contribution in [0.5, 0.6) is 0 Å². The molecule has 5 rings (SSSR count). The van der Waals surface area contributed by atoms with E-state index in [2.05, 4.69) is 52.6 Å². The van der Waals surface area contributed by atoms with Crippen molar-refractivity contribution in [3.8, 4) is 5.69 Å². The van der Waals surface area contributed by atoms with Crippen LogP contribution in [0.4, 0.5) is 5.95 Å². The highest BCUT2D eigenvalue weighted by Crippen LogP contribution is 2.49. The number of amides is 1. The number of nitrogens with zero attached hydrogens (tertiary/aromatic N) is 8. The van der Waals surface area contributed by atoms with E-state index in [0.29, 0.717) is 30.4 Å². The Bertz CT molecular complexity index is 1080. The van der Waals surface area contributed by atoms with Crippen molar-refractivity contribution in [2.24, 2.45) is 5.92 Å². The maximum Gasteiger partial charge on any atom is 0.274 e. The van der Waals surface area contributed by atoms with Gasteiger partial charge >= 0.3 is 0 Å². The lowest BCUT2D eigenvalue weighted by Crippen LogP contribution is -2.72. The van der Waals surface area contributed by atoms with Gasteiger partial charge in [-0.1, -0.05) is 22.6 Å². The molecule has 1 amide bonds. The Hall–Kier alpha value is -2.63. The number of rotatable bonds is 3. The number of aromatic nitrogens is 6. The van der Waals surface area contributed by atoms with Crippen molar-refractivity contribution < 1.29 is 4.79 Å². The Labute approximate surface area is 187 Å². The normalized spacial score (nSPS) is 23.1. The molecule has 3 aromatic rings. The summed E-state index contributed by atoms with van der Waals surface area (Å²) in [6.07, 6.45) is 5.75. The van der Waals surface area contributed by atoms with Crippen LogP contribution in [0, 0.1) is 19.8 Å². The maximum absolute atomic E-state index is 13.4. The van der Waals surface area contributed by atoms with Gasteiger partial charge in [0.1, 0.15) is 9.23 Å². The van der Waals surface area contributed by atoms with E-state index in [1.807, 2.05) is 30.9 Å². The first-order valence-electron chi connectivity index (χ1n) is 9.85. The molecular formula is C20H21IN8O. The number of alkyl halides is 1. The molecule has 0 saturated carbocycles. The number of aryl methyl sites for hydroxylation is 2. The summed E-state index contributed by atoms with van der Waals surface area (Å²) >= 11 is 2.48. The van der Waals surface area contributed by atoms with Crippen LogP contribution in [-0.4, -0.2) is 63.9 Å². The van der Waals surface area contributed by atoms with Gasteiger partial charge in [-0.05, 0) is 38.5 Å². The lowest BCUT2D eigenvalue weighted by atomic mass is 9.82. The number of piperidine rings is 1. The molecule has 5 heterocycles.